The van der Waals surface area contributed by atoms with Crippen LogP contribution in [0.5, 0.6) is 0 Å². The summed E-state index contributed by atoms with van der Waals surface area (Å²) in [4.78, 5) is 21.3. The van der Waals surface area contributed by atoms with E-state index in [9.17, 15) is 4.79 Å². The van der Waals surface area contributed by atoms with Crippen molar-refractivity contribution in [3.8, 4) is 0 Å². The van der Waals surface area contributed by atoms with Crippen molar-refractivity contribution in [2.24, 2.45) is 5.92 Å². The summed E-state index contributed by atoms with van der Waals surface area (Å²) in [5.41, 5.74) is 0. The van der Waals surface area contributed by atoms with Crippen molar-refractivity contribution in [3.05, 3.63) is 16.0 Å². The predicted octanol–water partition coefficient (Wildman–Crippen LogP) is 2.10. The third-order valence-electron chi connectivity index (χ3n) is 2.15. The van der Waals surface area contributed by atoms with Crippen molar-refractivity contribution >= 4 is 39.3 Å². The number of carbonyl (C=O) groups is 1. The SMILES string of the molecule is CC(C)CNC(=O)CN(C)c1nc(Cl)ncc1Br. The third-order valence-corrected chi connectivity index (χ3v) is 2.89. The molecule has 0 saturated heterocycles. The van der Waals surface area contributed by atoms with E-state index in [4.69, 9.17) is 11.6 Å². The van der Waals surface area contributed by atoms with Crippen molar-refractivity contribution < 1.29 is 4.79 Å². The Kier molecular flexibility index (Phi) is 5.81. The average Bonchev–Trinajstić information content (AvgIpc) is 2.29. The van der Waals surface area contributed by atoms with E-state index in [2.05, 4.69) is 31.2 Å². The van der Waals surface area contributed by atoms with Crippen LogP contribution in [0, 0.1) is 5.92 Å². The van der Waals surface area contributed by atoms with Crippen LogP contribution in [0.25, 0.3) is 0 Å². The molecule has 1 amide bonds. The number of nitrogens with zero attached hydrogens (tertiary/aromatic N) is 3. The maximum absolute atomic E-state index is 11.7. The zero-order valence-electron chi connectivity index (χ0n) is 10.6. The normalized spacial score (nSPS) is 10.6. The first kappa shape index (κ1) is 15.2. The fourth-order valence-electron chi connectivity index (χ4n) is 1.27. The van der Waals surface area contributed by atoms with E-state index < -0.39 is 0 Å². The molecule has 0 aliphatic carbocycles. The van der Waals surface area contributed by atoms with Gasteiger partial charge in [-0.3, -0.25) is 4.79 Å². The number of anilines is 1. The van der Waals surface area contributed by atoms with Gasteiger partial charge < -0.3 is 10.2 Å². The topological polar surface area (TPSA) is 58.1 Å². The molecular formula is C11H16BrClN4O. The smallest absolute Gasteiger partial charge is 0.239 e. The summed E-state index contributed by atoms with van der Waals surface area (Å²) in [5, 5.41) is 3.00. The van der Waals surface area contributed by atoms with E-state index in [0.29, 0.717) is 22.8 Å². The number of aromatic nitrogens is 2. The number of hydrogen-bond acceptors (Lipinski definition) is 4. The zero-order valence-corrected chi connectivity index (χ0v) is 12.9. The van der Waals surface area contributed by atoms with E-state index >= 15 is 0 Å². The molecule has 1 heterocycles. The van der Waals surface area contributed by atoms with E-state index in [0.717, 1.165) is 0 Å². The predicted molar refractivity (Wildman–Crippen MR) is 75.9 cm³/mol. The molecule has 0 atom stereocenters. The molecule has 0 aliphatic rings. The molecule has 0 unspecified atom stereocenters. The fraction of sp³-hybridized carbons (Fsp3) is 0.545. The Morgan fingerprint density at radius 2 is 2.28 bits per heavy atom. The highest BCUT2D eigenvalue weighted by Crippen LogP contribution is 2.22. The van der Waals surface area contributed by atoms with Crippen LogP contribution < -0.4 is 10.2 Å². The molecule has 1 rings (SSSR count). The van der Waals surface area contributed by atoms with Gasteiger partial charge >= 0.3 is 0 Å². The number of halogens is 2. The van der Waals surface area contributed by atoms with Gasteiger partial charge in [0.1, 0.15) is 5.82 Å². The lowest BCUT2D eigenvalue weighted by Crippen LogP contribution is -2.37. The summed E-state index contributed by atoms with van der Waals surface area (Å²) in [6.07, 6.45) is 1.56. The van der Waals surface area contributed by atoms with Crippen LogP contribution >= 0.6 is 27.5 Å². The van der Waals surface area contributed by atoms with Crippen LogP contribution in [0.2, 0.25) is 5.28 Å². The molecule has 7 heteroatoms. The van der Waals surface area contributed by atoms with Gasteiger partial charge in [0, 0.05) is 19.8 Å². The summed E-state index contributed by atoms with van der Waals surface area (Å²) in [5.74, 6) is 0.974. The maximum atomic E-state index is 11.7. The molecule has 0 aromatic carbocycles. The quantitative estimate of drug-likeness (QED) is 0.837. The summed E-state index contributed by atoms with van der Waals surface area (Å²) >= 11 is 9.06. The van der Waals surface area contributed by atoms with E-state index in [-0.39, 0.29) is 17.7 Å². The molecule has 0 bridgehead atoms. The Morgan fingerprint density at radius 3 is 2.89 bits per heavy atom. The first-order chi connectivity index (χ1) is 8.40. The van der Waals surface area contributed by atoms with Crippen molar-refractivity contribution in [1.82, 2.24) is 15.3 Å². The molecule has 1 aromatic heterocycles. The Balaban J connectivity index is 2.62. The number of carbonyl (C=O) groups excluding carboxylic acids is 1. The van der Waals surface area contributed by atoms with Crippen LogP contribution in [0.15, 0.2) is 10.7 Å². The number of hydrogen-bond donors (Lipinski definition) is 1. The van der Waals surface area contributed by atoms with Gasteiger partial charge in [-0.05, 0) is 33.4 Å². The molecule has 0 spiro atoms. The van der Waals surface area contributed by atoms with Gasteiger partial charge in [-0.1, -0.05) is 13.8 Å². The van der Waals surface area contributed by atoms with E-state index in [1.54, 1.807) is 18.1 Å². The van der Waals surface area contributed by atoms with Crippen LogP contribution in [0.3, 0.4) is 0 Å². The van der Waals surface area contributed by atoms with Gasteiger partial charge in [0.2, 0.25) is 11.2 Å². The molecule has 0 aliphatic heterocycles. The molecule has 1 aromatic rings. The number of likely N-dealkylation sites (N-methyl/N-ethyl adjacent to an activating group) is 1. The molecular weight excluding hydrogens is 320 g/mol. The van der Waals surface area contributed by atoms with Gasteiger partial charge in [0.25, 0.3) is 0 Å². The largest absolute Gasteiger partial charge is 0.354 e. The number of rotatable bonds is 5. The maximum Gasteiger partial charge on any atom is 0.239 e. The van der Waals surface area contributed by atoms with Crippen LogP contribution in [0.1, 0.15) is 13.8 Å². The zero-order chi connectivity index (χ0) is 13.7. The minimum atomic E-state index is -0.0483. The summed E-state index contributed by atoms with van der Waals surface area (Å²) in [6, 6.07) is 0. The van der Waals surface area contributed by atoms with Crippen molar-refractivity contribution in [3.63, 3.8) is 0 Å². The van der Waals surface area contributed by atoms with Crippen LogP contribution in [-0.4, -0.2) is 36.0 Å². The van der Waals surface area contributed by atoms with E-state index in [1.807, 2.05) is 13.8 Å². The summed E-state index contributed by atoms with van der Waals surface area (Å²) in [6.45, 7) is 4.98. The monoisotopic (exact) mass is 334 g/mol. The highest BCUT2D eigenvalue weighted by Gasteiger charge is 2.12. The number of amides is 1. The van der Waals surface area contributed by atoms with Gasteiger partial charge in [0.15, 0.2) is 0 Å². The Labute approximate surface area is 120 Å². The fourth-order valence-corrected chi connectivity index (χ4v) is 1.89. The molecule has 1 N–H and O–H groups in total. The molecule has 0 radical (unpaired) electrons. The van der Waals surface area contributed by atoms with Crippen molar-refractivity contribution in [1.29, 1.82) is 0 Å². The van der Waals surface area contributed by atoms with Crippen LogP contribution in [0.4, 0.5) is 5.82 Å². The second-order valence-electron chi connectivity index (χ2n) is 4.36. The molecule has 5 nitrogen and oxygen atoms in total. The minimum Gasteiger partial charge on any atom is -0.354 e. The highest BCUT2D eigenvalue weighted by molar-refractivity contribution is 9.10. The first-order valence-electron chi connectivity index (χ1n) is 5.56. The molecule has 0 saturated carbocycles. The van der Waals surface area contributed by atoms with Gasteiger partial charge in [-0.25, -0.2) is 4.98 Å². The summed E-state index contributed by atoms with van der Waals surface area (Å²) < 4.78 is 0.700. The second-order valence-corrected chi connectivity index (χ2v) is 5.56. The van der Waals surface area contributed by atoms with Crippen molar-refractivity contribution in [2.75, 3.05) is 25.0 Å². The highest BCUT2D eigenvalue weighted by atomic mass is 79.9. The lowest BCUT2D eigenvalue weighted by atomic mass is 10.2. The average molecular weight is 336 g/mol. The van der Waals surface area contributed by atoms with Gasteiger partial charge in [0.05, 0.1) is 11.0 Å². The van der Waals surface area contributed by atoms with Gasteiger partial charge in [-0.2, -0.15) is 4.98 Å². The second kappa shape index (κ2) is 6.89. The number of nitrogens with one attached hydrogen (secondary N) is 1. The van der Waals surface area contributed by atoms with Crippen LogP contribution in [-0.2, 0) is 4.79 Å². The Morgan fingerprint density at radius 1 is 1.61 bits per heavy atom. The van der Waals surface area contributed by atoms with Crippen molar-refractivity contribution in [2.45, 2.75) is 13.8 Å². The standard InChI is InChI=1S/C11H16BrClN4O/c1-7(2)4-14-9(18)6-17(3)10-8(12)5-15-11(13)16-10/h5,7H,4,6H2,1-3H3,(H,14,18). The summed E-state index contributed by atoms with van der Waals surface area (Å²) in [7, 11) is 1.78. The lowest BCUT2D eigenvalue weighted by molar-refractivity contribution is -0.119. The minimum absolute atomic E-state index is 0.0483. The Bertz CT molecular complexity index is 428. The first-order valence-corrected chi connectivity index (χ1v) is 6.73. The molecule has 100 valence electrons. The lowest BCUT2D eigenvalue weighted by Gasteiger charge is -2.19. The molecule has 0 fully saturated rings. The Hall–Kier alpha value is -0.880. The van der Waals surface area contributed by atoms with Gasteiger partial charge in [-0.15, -0.1) is 0 Å². The molecule has 18 heavy (non-hydrogen) atoms. The van der Waals surface area contributed by atoms with E-state index in [1.165, 1.54) is 0 Å². The third kappa shape index (κ3) is 4.78.